The van der Waals surface area contributed by atoms with Crippen LogP contribution in [-0.4, -0.2) is 15.2 Å². The lowest BCUT2D eigenvalue weighted by Gasteiger charge is -2.18. The van der Waals surface area contributed by atoms with E-state index >= 15 is 0 Å². The van der Waals surface area contributed by atoms with Gasteiger partial charge in [-0.25, -0.2) is 0 Å². The summed E-state index contributed by atoms with van der Waals surface area (Å²) in [7, 11) is 0. The standard InChI is InChI=1S/C13H20BrClN2/c1-2-7-17-13(12(14)9-16-17)10-5-3-4-6-11(15)8-10/h9-11H,2-8H2,1H3. The molecule has 2 nitrogen and oxygen atoms in total. The second kappa shape index (κ2) is 6.24. The summed E-state index contributed by atoms with van der Waals surface area (Å²) in [4.78, 5) is 0. The van der Waals surface area contributed by atoms with Crippen LogP contribution in [0.2, 0.25) is 0 Å². The highest BCUT2D eigenvalue weighted by molar-refractivity contribution is 9.10. The van der Waals surface area contributed by atoms with E-state index in [4.69, 9.17) is 11.6 Å². The molecule has 0 bridgehead atoms. The van der Waals surface area contributed by atoms with Gasteiger partial charge in [0, 0.05) is 17.8 Å². The van der Waals surface area contributed by atoms with Gasteiger partial charge in [-0.15, -0.1) is 11.6 Å². The zero-order valence-electron chi connectivity index (χ0n) is 10.3. The molecule has 2 rings (SSSR count). The summed E-state index contributed by atoms with van der Waals surface area (Å²) in [6, 6.07) is 0. The molecule has 17 heavy (non-hydrogen) atoms. The van der Waals surface area contributed by atoms with Crippen molar-refractivity contribution >= 4 is 27.5 Å². The minimum atomic E-state index is 0.333. The van der Waals surface area contributed by atoms with Crippen LogP contribution in [0.4, 0.5) is 0 Å². The van der Waals surface area contributed by atoms with Gasteiger partial charge in [-0.3, -0.25) is 4.68 Å². The quantitative estimate of drug-likeness (QED) is 0.583. The van der Waals surface area contributed by atoms with Crippen molar-refractivity contribution in [2.45, 2.75) is 63.3 Å². The molecule has 0 radical (unpaired) electrons. The Morgan fingerprint density at radius 1 is 1.47 bits per heavy atom. The second-order valence-corrected chi connectivity index (χ2v) is 6.39. The van der Waals surface area contributed by atoms with Gasteiger partial charge in [0.1, 0.15) is 0 Å². The minimum Gasteiger partial charge on any atom is -0.268 e. The fraction of sp³-hybridized carbons (Fsp3) is 0.769. The zero-order valence-corrected chi connectivity index (χ0v) is 12.7. The Labute approximate surface area is 117 Å². The van der Waals surface area contributed by atoms with Crippen molar-refractivity contribution in [1.29, 1.82) is 0 Å². The van der Waals surface area contributed by atoms with Gasteiger partial charge < -0.3 is 0 Å². The number of aryl methyl sites for hydroxylation is 1. The maximum Gasteiger partial charge on any atom is 0.0635 e. The van der Waals surface area contributed by atoms with Gasteiger partial charge in [-0.2, -0.15) is 5.10 Å². The lowest BCUT2D eigenvalue weighted by molar-refractivity contribution is 0.500. The van der Waals surface area contributed by atoms with Gasteiger partial charge in [0.25, 0.3) is 0 Å². The van der Waals surface area contributed by atoms with Crippen LogP contribution in [0.25, 0.3) is 0 Å². The van der Waals surface area contributed by atoms with Gasteiger partial charge in [0.05, 0.1) is 16.4 Å². The highest BCUT2D eigenvalue weighted by Crippen LogP contribution is 2.37. The summed E-state index contributed by atoms with van der Waals surface area (Å²) in [5.74, 6) is 0.573. The molecular formula is C13H20BrClN2. The van der Waals surface area contributed by atoms with Crippen LogP contribution in [0.15, 0.2) is 10.7 Å². The fourth-order valence-corrected chi connectivity index (χ4v) is 3.71. The molecule has 2 atom stereocenters. The van der Waals surface area contributed by atoms with Crippen LogP contribution in [0.1, 0.15) is 57.1 Å². The fourth-order valence-electron chi connectivity index (χ4n) is 2.72. The Kier molecular flexibility index (Phi) is 4.92. The maximum absolute atomic E-state index is 6.37. The molecule has 1 aliphatic carbocycles. The Hall–Kier alpha value is -0.0200. The number of alkyl halides is 1. The number of aromatic nitrogens is 2. The van der Waals surface area contributed by atoms with E-state index in [1.807, 2.05) is 6.20 Å². The SMILES string of the molecule is CCCn1ncc(Br)c1C1CCCCC(Cl)C1. The molecule has 1 aromatic heterocycles. The van der Waals surface area contributed by atoms with Crippen molar-refractivity contribution in [2.75, 3.05) is 0 Å². The molecule has 0 amide bonds. The average molecular weight is 320 g/mol. The highest BCUT2D eigenvalue weighted by atomic mass is 79.9. The number of rotatable bonds is 3. The molecule has 2 unspecified atom stereocenters. The normalized spacial score (nSPS) is 25.8. The highest BCUT2D eigenvalue weighted by Gasteiger charge is 2.24. The molecule has 0 spiro atoms. The lowest BCUT2D eigenvalue weighted by Crippen LogP contribution is -2.12. The lowest BCUT2D eigenvalue weighted by atomic mass is 9.96. The average Bonchev–Trinajstić information content (AvgIpc) is 2.52. The van der Waals surface area contributed by atoms with Crippen molar-refractivity contribution in [3.8, 4) is 0 Å². The van der Waals surface area contributed by atoms with Crippen molar-refractivity contribution < 1.29 is 0 Å². The van der Waals surface area contributed by atoms with Crippen LogP contribution in [-0.2, 0) is 6.54 Å². The van der Waals surface area contributed by atoms with Crippen molar-refractivity contribution in [3.05, 3.63) is 16.4 Å². The predicted octanol–water partition coefficient (Wildman–Crippen LogP) is 4.71. The first-order valence-corrected chi connectivity index (χ1v) is 7.80. The summed E-state index contributed by atoms with van der Waals surface area (Å²) >= 11 is 10.0. The van der Waals surface area contributed by atoms with Crippen molar-refractivity contribution in [3.63, 3.8) is 0 Å². The molecule has 1 aliphatic rings. The predicted molar refractivity (Wildman–Crippen MR) is 75.7 cm³/mol. The number of halogens is 2. The van der Waals surface area contributed by atoms with E-state index in [9.17, 15) is 0 Å². The molecule has 1 aromatic rings. The summed E-state index contributed by atoms with van der Waals surface area (Å²) in [6.07, 6.45) is 9.11. The largest absolute Gasteiger partial charge is 0.268 e. The Morgan fingerprint density at radius 3 is 3.00 bits per heavy atom. The zero-order chi connectivity index (χ0) is 12.3. The van der Waals surface area contributed by atoms with Gasteiger partial charge >= 0.3 is 0 Å². The molecule has 0 N–H and O–H groups in total. The third-order valence-corrected chi connectivity index (χ3v) is 4.52. The van der Waals surface area contributed by atoms with E-state index < -0.39 is 0 Å². The first kappa shape index (κ1) is 13.4. The molecule has 0 aromatic carbocycles. The van der Waals surface area contributed by atoms with Crippen LogP contribution < -0.4 is 0 Å². The number of hydrogen-bond donors (Lipinski definition) is 0. The summed E-state index contributed by atoms with van der Waals surface area (Å²) in [6.45, 7) is 3.20. The minimum absolute atomic E-state index is 0.333. The Balaban J connectivity index is 2.21. The topological polar surface area (TPSA) is 17.8 Å². The smallest absolute Gasteiger partial charge is 0.0635 e. The van der Waals surface area contributed by atoms with Gasteiger partial charge in [0.15, 0.2) is 0 Å². The summed E-state index contributed by atoms with van der Waals surface area (Å²) in [5, 5.41) is 4.80. The van der Waals surface area contributed by atoms with Gasteiger partial charge in [0.2, 0.25) is 0 Å². The van der Waals surface area contributed by atoms with Crippen LogP contribution >= 0.6 is 27.5 Å². The van der Waals surface area contributed by atoms with E-state index in [1.54, 1.807) is 0 Å². The number of hydrogen-bond acceptors (Lipinski definition) is 1. The van der Waals surface area contributed by atoms with Gasteiger partial charge in [-0.05, 0) is 41.6 Å². The molecular weight excluding hydrogens is 300 g/mol. The molecule has 1 heterocycles. The van der Waals surface area contributed by atoms with Crippen molar-refractivity contribution in [1.82, 2.24) is 9.78 Å². The molecule has 1 saturated carbocycles. The third-order valence-electron chi connectivity index (χ3n) is 3.52. The summed E-state index contributed by atoms with van der Waals surface area (Å²) in [5.41, 5.74) is 1.36. The van der Waals surface area contributed by atoms with Crippen LogP contribution in [0.5, 0.6) is 0 Å². The maximum atomic E-state index is 6.37. The van der Waals surface area contributed by atoms with Crippen LogP contribution in [0, 0.1) is 0 Å². The van der Waals surface area contributed by atoms with E-state index in [0.717, 1.165) is 30.3 Å². The number of nitrogens with zero attached hydrogens (tertiary/aromatic N) is 2. The third kappa shape index (κ3) is 3.25. The Bertz CT molecular complexity index is 364. The van der Waals surface area contributed by atoms with E-state index in [1.165, 1.54) is 25.0 Å². The Morgan fingerprint density at radius 2 is 2.24 bits per heavy atom. The molecule has 1 fully saturated rings. The molecule has 4 heteroatoms. The molecule has 0 saturated heterocycles. The molecule has 0 aliphatic heterocycles. The van der Waals surface area contributed by atoms with Crippen LogP contribution in [0.3, 0.4) is 0 Å². The van der Waals surface area contributed by atoms with E-state index in [0.29, 0.717) is 11.3 Å². The summed E-state index contributed by atoms with van der Waals surface area (Å²) < 4.78 is 3.31. The molecule has 96 valence electrons. The van der Waals surface area contributed by atoms with Gasteiger partial charge in [-0.1, -0.05) is 19.8 Å². The van der Waals surface area contributed by atoms with E-state index in [2.05, 4.69) is 32.6 Å². The first-order valence-electron chi connectivity index (χ1n) is 6.57. The first-order chi connectivity index (χ1) is 8.22. The van der Waals surface area contributed by atoms with E-state index in [-0.39, 0.29) is 0 Å². The second-order valence-electron chi connectivity index (χ2n) is 4.92. The van der Waals surface area contributed by atoms with Crippen molar-refractivity contribution in [2.24, 2.45) is 0 Å². The monoisotopic (exact) mass is 318 g/mol.